The van der Waals surface area contributed by atoms with Crippen LogP contribution >= 0.6 is 23.1 Å². The van der Waals surface area contributed by atoms with Crippen molar-refractivity contribution in [1.82, 2.24) is 15.3 Å². The molecule has 0 saturated heterocycles. The first-order valence-corrected chi connectivity index (χ1v) is 9.19. The van der Waals surface area contributed by atoms with Gasteiger partial charge in [0.25, 0.3) is 0 Å². The van der Waals surface area contributed by atoms with E-state index in [1.807, 2.05) is 42.6 Å². The Hall–Kier alpha value is -2.12. The van der Waals surface area contributed by atoms with Crippen LogP contribution < -0.4 is 10.1 Å². The van der Waals surface area contributed by atoms with E-state index in [1.165, 1.54) is 18.1 Å². The molecule has 3 rings (SSSR count). The summed E-state index contributed by atoms with van der Waals surface area (Å²) in [4.78, 5) is 20.9. The van der Waals surface area contributed by atoms with Crippen molar-refractivity contribution < 1.29 is 9.53 Å². The molecule has 24 heavy (non-hydrogen) atoms. The van der Waals surface area contributed by atoms with Crippen molar-refractivity contribution in [2.45, 2.75) is 23.7 Å². The molecule has 1 aromatic carbocycles. The molecular weight excluding hydrogens is 342 g/mol. The molecule has 7 heteroatoms. The van der Waals surface area contributed by atoms with Crippen molar-refractivity contribution >= 4 is 39.2 Å². The van der Waals surface area contributed by atoms with Gasteiger partial charge in [0.1, 0.15) is 17.1 Å². The van der Waals surface area contributed by atoms with E-state index in [-0.39, 0.29) is 11.2 Å². The van der Waals surface area contributed by atoms with Gasteiger partial charge >= 0.3 is 0 Å². The number of amides is 1. The summed E-state index contributed by atoms with van der Waals surface area (Å²) in [5.74, 6) is 0.739. The standard InChI is InChI=1S/C17H17N3O2S2/c1-11(24-17-15-13(7-8-23-15)19-10-20-17)16(21)18-9-12-5-3-4-6-14(12)22-2/h3-8,10-11H,9H2,1-2H3,(H,18,21)/t11-/m0/s1. The van der Waals surface area contributed by atoms with Gasteiger partial charge in [-0.1, -0.05) is 30.0 Å². The topological polar surface area (TPSA) is 64.1 Å². The van der Waals surface area contributed by atoms with E-state index in [0.717, 1.165) is 26.6 Å². The number of thiophene rings is 1. The van der Waals surface area contributed by atoms with Gasteiger partial charge in [-0.05, 0) is 24.4 Å². The quantitative estimate of drug-likeness (QED) is 0.539. The van der Waals surface area contributed by atoms with Gasteiger partial charge in [-0.15, -0.1) is 11.3 Å². The highest BCUT2D eigenvalue weighted by Gasteiger charge is 2.17. The van der Waals surface area contributed by atoms with Crippen LogP contribution in [0.3, 0.4) is 0 Å². The van der Waals surface area contributed by atoms with Crippen LogP contribution in [-0.2, 0) is 11.3 Å². The molecule has 1 N–H and O–H groups in total. The van der Waals surface area contributed by atoms with Gasteiger partial charge in [-0.2, -0.15) is 0 Å². The lowest BCUT2D eigenvalue weighted by Gasteiger charge is -2.13. The molecule has 0 fully saturated rings. The lowest BCUT2D eigenvalue weighted by atomic mass is 10.2. The number of hydrogen-bond acceptors (Lipinski definition) is 6. The van der Waals surface area contributed by atoms with E-state index in [0.29, 0.717) is 6.54 Å². The third kappa shape index (κ3) is 3.68. The number of carbonyl (C=O) groups excluding carboxylic acids is 1. The second-order valence-corrected chi connectivity index (χ2v) is 7.35. The van der Waals surface area contributed by atoms with Crippen molar-refractivity contribution in [3.8, 4) is 5.75 Å². The van der Waals surface area contributed by atoms with Crippen molar-refractivity contribution in [2.75, 3.05) is 7.11 Å². The van der Waals surface area contributed by atoms with E-state index < -0.39 is 0 Å². The van der Waals surface area contributed by atoms with Crippen LogP contribution in [0.2, 0.25) is 0 Å². The minimum atomic E-state index is -0.250. The molecule has 5 nitrogen and oxygen atoms in total. The van der Waals surface area contributed by atoms with Crippen LogP contribution in [-0.4, -0.2) is 28.2 Å². The molecule has 2 aromatic heterocycles. The van der Waals surface area contributed by atoms with Gasteiger partial charge in [-0.3, -0.25) is 4.79 Å². The van der Waals surface area contributed by atoms with Crippen LogP contribution in [0.25, 0.3) is 10.2 Å². The maximum Gasteiger partial charge on any atom is 0.233 e. The number of carbonyl (C=O) groups is 1. The van der Waals surface area contributed by atoms with Gasteiger partial charge in [0.2, 0.25) is 5.91 Å². The van der Waals surface area contributed by atoms with Gasteiger partial charge in [0.05, 0.1) is 22.6 Å². The summed E-state index contributed by atoms with van der Waals surface area (Å²) in [6.45, 7) is 2.32. The van der Waals surface area contributed by atoms with Gasteiger partial charge < -0.3 is 10.1 Å². The average Bonchev–Trinajstić information content (AvgIpc) is 3.09. The van der Waals surface area contributed by atoms with Crippen LogP contribution in [0.4, 0.5) is 0 Å². The average molecular weight is 359 g/mol. The van der Waals surface area contributed by atoms with Crippen LogP contribution in [0.1, 0.15) is 12.5 Å². The molecule has 0 spiro atoms. The number of thioether (sulfide) groups is 1. The summed E-state index contributed by atoms with van der Waals surface area (Å²) in [7, 11) is 1.63. The van der Waals surface area contributed by atoms with E-state index >= 15 is 0 Å². The second kappa shape index (κ2) is 7.63. The maximum absolute atomic E-state index is 12.4. The molecule has 0 aliphatic heterocycles. The fraction of sp³-hybridized carbons (Fsp3) is 0.235. The highest BCUT2D eigenvalue weighted by Crippen LogP contribution is 2.31. The second-order valence-electron chi connectivity index (χ2n) is 5.10. The Balaban J connectivity index is 1.64. The smallest absolute Gasteiger partial charge is 0.233 e. The lowest BCUT2D eigenvalue weighted by Crippen LogP contribution is -2.30. The van der Waals surface area contributed by atoms with E-state index in [1.54, 1.807) is 18.4 Å². The Morgan fingerprint density at radius 3 is 3.00 bits per heavy atom. The molecule has 1 amide bonds. The van der Waals surface area contributed by atoms with Gasteiger partial charge in [0, 0.05) is 12.1 Å². The first-order chi connectivity index (χ1) is 11.7. The Morgan fingerprint density at radius 1 is 1.33 bits per heavy atom. The molecule has 0 aliphatic carbocycles. The maximum atomic E-state index is 12.4. The zero-order valence-corrected chi connectivity index (χ0v) is 15.0. The summed E-state index contributed by atoms with van der Waals surface area (Å²) in [6, 6.07) is 9.61. The third-order valence-electron chi connectivity index (χ3n) is 3.51. The molecule has 0 aliphatic rings. The summed E-state index contributed by atoms with van der Waals surface area (Å²) < 4.78 is 6.32. The van der Waals surface area contributed by atoms with Crippen molar-refractivity contribution in [1.29, 1.82) is 0 Å². The molecule has 1 atom stereocenters. The van der Waals surface area contributed by atoms with E-state index in [2.05, 4.69) is 15.3 Å². The number of nitrogens with zero attached hydrogens (tertiary/aromatic N) is 2. The number of fused-ring (bicyclic) bond motifs is 1. The van der Waals surface area contributed by atoms with Gasteiger partial charge in [0.15, 0.2) is 0 Å². The summed E-state index contributed by atoms with van der Waals surface area (Å²) in [6.07, 6.45) is 1.54. The number of rotatable bonds is 6. The molecule has 124 valence electrons. The molecule has 3 aromatic rings. The largest absolute Gasteiger partial charge is 0.496 e. The Labute approximate surface area is 148 Å². The number of aromatic nitrogens is 2. The van der Waals surface area contributed by atoms with Crippen LogP contribution in [0, 0.1) is 0 Å². The molecule has 2 heterocycles. The number of para-hydroxylation sites is 1. The highest BCUT2D eigenvalue weighted by molar-refractivity contribution is 8.00. The summed E-state index contributed by atoms with van der Waals surface area (Å²) >= 11 is 3.04. The molecule has 0 radical (unpaired) electrons. The molecular formula is C17H17N3O2S2. The molecule has 0 bridgehead atoms. The van der Waals surface area contributed by atoms with Crippen molar-refractivity contribution in [3.05, 3.63) is 47.6 Å². The van der Waals surface area contributed by atoms with E-state index in [9.17, 15) is 4.79 Å². The number of ether oxygens (including phenoxy) is 1. The first kappa shape index (κ1) is 16.7. The fourth-order valence-electron chi connectivity index (χ4n) is 2.25. The Bertz CT molecular complexity index is 850. The number of methoxy groups -OCH3 is 1. The van der Waals surface area contributed by atoms with E-state index in [4.69, 9.17) is 4.74 Å². The fourth-order valence-corrected chi connectivity index (χ4v) is 4.11. The Morgan fingerprint density at radius 2 is 2.17 bits per heavy atom. The normalized spacial score (nSPS) is 12.1. The van der Waals surface area contributed by atoms with Gasteiger partial charge in [-0.25, -0.2) is 9.97 Å². The molecule has 0 unspecified atom stereocenters. The third-order valence-corrected chi connectivity index (χ3v) is 5.65. The first-order valence-electron chi connectivity index (χ1n) is 7.43. The summed E-state index contributed by atoms with van der Waals surface area (Å²) in [5, 5.41) is 5.53. The predicted molar refractivity (Wildman–Crippen MR) is 97.6 cm³/mol. The number of hydrogen-bond donors (Lipinski definition) is 1. The zero-order valence-electron chi connectivity index (χ0n) is 13.4. The van der Waals surface area contributed by atoms with Crippen LogP contribution in [0.15, 0.2) is 47.1 Å². The van der Waals surface area contributed by atoms with Crippen molar-refractivity contribution in [3.63, 3.8) is 0 Å². The molecule has 0 saturated carbocycles. The highest BCUT2D eigenvalue weighted by atomic mass is 32.2. The predicted octanol–water partition coefficient (Wildman–Crippen LogP) is 3.50. The minimum Gasteiger partial charge on any atom is -0.496 e. The van der Waals surface area contributed by atoms with Crippen molar-refractivity contribution in [2.24, 2.45) is 0 Å². The summed E-state index contributed by atoms with van der Waals surface area (Å²) in [5.41, 5.74) is 1.87. The minimum absolute atomic E-state index is 0.0331. The zero-order chi connectivity index (χ0) is 16.9. The lowest BCUT2D eigenvalue weighted by molar-refractivity contribution is -0.120. The Kier molecular flexibility index (Phi) is 5.32. The number of nitrogens with one attached hydrogen (secondary N) is 1. The van der Waals surface area contributed by atoms with Crippen LogP contribution in [0.5, 0.6) is 5.75 Å². The monoisotopic (exact) mass is 359 g/mol. The number of benzene rings is 1. The SMILES string of the molecule is COc1ccccc1CNC(=O)[C@H](C)Sc1ncnc2ccsc12.